The smallest absolute Gasteiger partial charge is 0.129 e. The third kappa shape index (κ3) is 3.17. The van der Waals surface area contributed by atoms with Gasteiger partial charge >= 0.3 is 0 Å². The van der Waals surface area contributed by atoms with Gasteiger partial charge in [0.15, 0.2) is 0 Å². The molecule has 0 radical (unpaired) electrons. The van der Waals surface area contributed by atoms with Crippen LogP contribution in [0.4, 0.5) is 5.82 Å². The normalized spacial score (nSPS) is 10.3. The summed E-state index contributed by atoms with van der Waals surface area (Å²) in [6, 6.07) is 19.6. The Morgan fingerprint density at radius 1 is 0.905 bits per heavy atom. The molecule has 0 saturated heterocycles. The fraction of sp³-hybridized carbons (Fsp3) is 0.0588. The van der Waals surface area contributed by atoms with Crippen molar-refractivity contribution in [3.8, 4) is 17.0 Å². The van der Waals surface area contributed by atoms with E-state index in [0.29, 0.717) is 12.4 Å². The van der Waals surface area contributed by atoms with E-state index in [1.165, 1.54) is 6.33 Å². The number of aromatic nitrogens is 2. The van der Waals surface area contributed by atoms with Gasteiger partial charge in [-0.15, -0.1) is 0 Å². The van der Waals surface area contributed by atoms with Crippen molar-refractivity contribution in [1.82, 2.24) is 9.97 Å². The number of benzene rings is 2. The van der Waals surface area contributed by atoms with Crippen molar-refractivity contribution in [2.75, 3.05) is 5.73 Å². The molecule has 0 fully saturated rings. The number of hydrogen-bond donors (Lipinski definition) is 1. The lowest BCUT2D eigenvalue weighted by Gasteiger charge is -2.11. The lowest BCUT2D eigenvalue weighted by molar-refractivity contribution is 0.307. The Hall–Kier alpha value is -2.88. The molecule has 0 aliphatic carbocycles. The predicted octanol–water partition coefficient (Wildman–Crippen LogP) is 3.30. The maximum absolute atomic E-state index is 5.92. The Morgan fingerprint density at radius 2 is 1.67 bits per heavy atom. The number of nitrogens with zero attached hydrogens (tertiary/aromatic N) is 2. The summed E-state index contributed by atoms with van der Waals surface area (Å²) >= 11 is 0. The van der Waals surface area contributed by atoms with Crippen molar-refractivity contribution in [2.45, 2.75) is 6.61 Å². The molecule has 3 rings (SSSR count). The number of rotatable bonds is 4. The molecule has 0 aliphatic heterocycles. The minimum atomic E-state index is 0.442. The average Bonchev–Trinajstić information content (AvgIpc) is 2.54. The molecule has 0 atom stereocenters. The van der Waals surface area contributed by atoms with Crippen LogP contribution in [0, 0.1) is 0 Å². The van der Waals surface area contributed by atoms with E-state index >= 15 is 0 Å². The highest BCUT2D eigenvalue weighted by molar-refractivity contribution is 5.68. The lowest BCUT2D eigenvalue weighted by atomic mass is 10.1. The van der Waals surface area contributed by atoms with Gasteiger partial charge in [0.25, 0.3) is 0 Å². The highest BCUT2D eigenvalue weighted by Crippen LogP contribution is 2.29. The lowest BCUT2D eigenvalue weighted by Crippen LogP contribution is -1.98. The maximum Gasteiger partial charge on any atom is 0.129 e. The van der Waals surface area contributed by atoms with Crippen LogP contribution in [0.5, 0.6) is 5.75 Å². The van der Waals surface area contributed by atoms with Crippen molar-refractivity contribution in [1.29, 1.82) is 0 Å². The highest BCUT2D eigenvalue weighted by Gasteiger charge is 2.08. The van der Waals surface area contributed by atoms with Crippen molar-refractivity contribution in [2.24, 2.45) is 0 Å². The molecule has 0 amide bonds. The molecule has 1 heterocycles. The van der Waals surface area contributed by atoms with E-state index in [9.17, 15) is 0 Å². The second kappa shape index (κ2) is 6.05. The predicted molar refractivity (Wildman–Crippen MR) is 82.7 cm³/mol. The second-order valence-corrected chi connectivity index (χ2v) is 4.60. The van der Waals surface area contributed by atoms with Gasteiger partial charge in [-0.1, -0.05) is 42.5 Å². The summed E-state index contributed by atoms with van der Waals surface area (Å²) in [4.78, 5) is 8.17. The van der Waals surface area contributed by atoms with Crippen LogP contribution < -0.4 is 10.5 Å². The largest absolute Gasteiger partial charge is 0.488 e. The Labute approximate surface area is 123 Å². The molecule has 0 unspecified atom stereocenters. The number of para-hydroxylation sites is 1. The van der Waals surface area contributed by atoms with Gasteiger partial charge in [0.05, 0.1) is 5.69 Å². The van der Waals surface area contributed by atoms with Crippen molar-refractivity contribution >= 4 is 5.82 Å². The standard InChI is InChI=1S/C17H15N3O/c18-17-10-15(19-12-20-17)14-8-4-5-9-16(14)21-11-13-6-2-1-3-7-13/h1-10,12H,11H2,(H2,18,19,20). The van der Waals surface area contributed by atoms with Gasteiger partial charge in [0.2, 0.25) is 0 Å². The molecule has 0 saturated carbocycles. The van der Waals surface area contributed by atoms with Crippen molar-refractivity contribution in [3.63, 3.8) is 0 Å². The van der Waals surface area contributed by atoms with Crippen LogP contribution in [-0.4, -0.2) is 9.97 Å². The SMILES string of the molecule is Nc1cc(-c2ccccc2OCc2ccccc2)ncn1. The second-order valence-electron chi connectivity index (χ2n) is 4.60. The van der Waals surface area contributed by atoms with Gasteiger partial charge in [0.1, 0.15) is 24.5 Å². The van der Waals surface area contributed by atoms with Crippen LogP contribution in [-0.2, 0) is 6.61 Å². The molecule has 2 aromatic carbocycles. The summed E-state index contributed by atoms with van der Waals surface area (Å²) in [5.74, 6) is 1.22. The van der Waals surface area contributed by atoms with Crippen molar-refractivity contribution in [3.05, 3.63) is 72.6 Å². The van der Waals surface area contributed by atoms with E-state index in [2.05, 4.69) is 9.97 Å². The molecule has 21 heavy (non-hydrogen) atoms. The number of ether oxygens (including phenoxy) is 1. The third-order valence-electron chi connectivity index (χ3n) is 3.09. The van der Waals surface area contributed by atoms with Gasteiger partial charge in [-0.05, 0) is 17.7 Å². The first-order chi connectivity index (χ1) is 10.3. The fourth-order valence-electron chi connectivity index (χ4n) is 2.06. The number of nitrogens with two attached hydrogens (primary N) is 1. The molecule has 3 aromatic rings. The van der Waals surface area contributed by atoms with Gasteiger partial charge in [-0.25, -0.2) is 9.97 Å². The Bertz CT molecular complexity index is 729. The number of anilines is 1. The molecular formula is C17H15N3O. The monoisotopic (exact) mass is 277 g/mol. The minimum absolute atomic E-state index is 0.442. The van der Waals surface area contributed by atoms with Gasteiger partial charge in [-0.3, -0.25) is 0 Å². The number of hydrogen-bond acceptors (Lipinski definition) is 4. The van der Waals surface area contributed by atoms with Crippen LogP contribution in [0.3, 0.4) is 0 Å². The zero-order valence-electron chi connectivity index (χ0n) is 11.4. The fourth-order valence-corrected chi connectivity index (χ4v) is 2.06. The summed E-state index contributed by atoms with van der Waals surface area (Å²) < 4.78 is 5.92. The van der Waals surface area contributed by atoms with E-state index in [4.69, 9.17) is 10.5 Å². The molecule has 1 aromatic heterocycles. The summed E-state index contributed by atoms with van der Waals surface area (Å²) in [6.07, 6.45) is 1.46. The molecular weight excluding hydrogens is 262 g/mol. The summed E-state index contributed by atoms with van der Waals surface area (Å²) in [7, 11) is 0. The van der Waals surface area contributed by atoms with E-state index in [1.54, 1.807) is 6.07 Å². The minimum Gasteiger partial charge on any atom is -0.488 e. The number of nitrogen functional groups attached to an aromatic ring is 1. The van der Waals surface area contributed by atoms with Crippen molar-refractivity contribution < 1.29 is 4.74 Å². The first kappa shape index (κ1) is 13.1. The summed E-state index contributed by atoms with van der Waals surface area (Å²) in [6.45, 7) is 0.512. The van der Waals surface area contributed by atoms with E-state index in [-0.39, 0.29) is 0 Å². The summed E-state index contributed by atoms with van der Waals surface area (Å²) in [5.41, 5.74) is 8.50. The third-order valence-corrected chi connectivity index (χ3v) is 3.09. The van der Waals surface area contributed by atoms with Crippen LogP contribution in [0.15, 0.2) is 67.0 Å². The maximum atomic E-state index is 5.92. The Kier molecular flexibility index (Phi) is 3.78. The molecule has 104 valence electrons. The topological polar surface area (TPSA) is 61.0 Å². The molecule has 4 heteroatoms. The molecule has 2 N–H and O–H groups in total. The van der Waals surface area contributed by atoms with Crippen LogP contribution in [0.2, 0.25) is 0 Å². The van der Waals surface area contributed by atoms with Crippen LogP contribution >= 0.6 is 0 Å². The van der Waals surface area contributed by atoms with Crippen LogP contribution in [0.1, 0.15) is 5.56 Å². The average molecular weight is 277 g/mol. The zero-order chi connectivity index (χ0) is 14.5. The molecule has 4 nitrogen and oxygen atoms in total. The Balaban J connectivity index is 1.86. The van der Waals surface area contributed by atoms with Gasteiger partial charge in [-0.2, -0.15) is 0 Å². The van der Waals surface area contributed by atoms with E-state index in [0.717, 1.165) is 22.6 Å². The van der Waals surface area contributed by atoms with E-state index in [1.807, 2.05) is 54.6 Å². The quantitative estimate of drug-likeness (QED) is 0.794. The zero-order valence-corrected chi connectivity index (χ0v) is 11.4. The Morgan fingerprint density at radius 3 is 2.48 bits per heavy atom. The van der Waals surface area contributed by atoms with Gasteiger partial charge in [0, 0.05) is 11.6 Å². The first-order valence-corrected chi connectivity index (χ1v) is 6.66. The molecule has 0 aliphatic rings. The van der Waals surface area contributed by atoms with Gasteiger partial charge < -0.3 is 10.5 Å². The molecule has 0 bridgehead atoms. The highest BCUT2D eigenvalue weighted by atomic mass is 16.5. The first-order valence-electron chi connectivity index (χ1n) is 6.66. The van der Waals surface area contributed by atoms with Crippen LogP contribution in [0.25, 0.3) is 11.3 Å². The molecule has 0 spiro atoms. The van der Waals surface area contributed by atoms with E-state index < -0.39 is 0 Å². The summed E-state index contributed by atoms with van der Waals surface area (Å²) in [5, 5.41) is 0.